The molecule has 0 fully saturated rings. The van der Waals surface area contributed by atoms with Crippen molar-refractivity contribution in [3.8, 4) is 0 Å². The van der Waals surface area contributed by atoms with Crippen LogP contribution in [-0.4, -0.2) is 0 Å². The second-order valence-electron chi connectivity index (χ2n) is 7.01. The molecule has 0 bridgehead atoms. The summed E-state index contributed by atoms with van der Waals surface area (Å²) in [5, 5.41) is 2.32. The molecule has 126 valence electrons. The predicted octanol–water partition coefficient (Wildman–Crippen LogP) is 5.13. The molecule has 0 spiro atoms. The lowest BCUT2D eigenvalue weighted by Gasteiger charge is -2.20. The highest BCUT2D eigenvalue weighted by atomic mass is 14.7. The first-order valence-corrected chi connectivity index (χ1v) is 8.64. The molecule has 1 aliphatic rings. The van der Waals surface area contributed by atoms with E-state index in [2.05, 4.69) is 77.0 Å². The summed E-state index contributed by atoms with van der Waals surface area (Å²) in [5.41, 5.74) is 10.9. The van der Waals surface area contributed by atoms with Gasteiger partial charge in [0.15, 0.2) is 0 Å². The Labute approximate surface area is 150 Å². The van der Waals surface area contributed by atoms with Crippen molar-refractivity contribution in [3.05, 3.63) is 87.0 Å². The number of aryl methyl sites for hydroxylation is 2. The van der Waals surface area contributed by atoms with Gasteiger partial charge >= 0.3 is 0 Å². The third-order valence-electron chi connectivity index (χ3n) is 5.10. The summed E-state index contributed by atoms with van der Waals surface area (Å²) in [7, 11) is 0. The molecule has 1 aliphatic heterocycles. The van der Waals surface area contributed by atoms with Gasteiger partial charge in [0.25, 0.3) is 0 Å². The minimum atomic E-state index is 1.05. The molecule has 0 N–H and O–H groups in total. The Morgan fingerprint density at radius 2 is 1.76 bits per heavy atom. The van der Waals surface area contributed by atoms with Gasteiger partial charge < -0.3 is 0 Å². The maximum atomic E-state index is 4.46. The zero-order valence-electron chi connectivity index (χ0n) is 15.8. The molecule has 1 heteroatoms. The van der Waals surface area contributed by atoms with E-state index >= 15 is 0 Å². The van der Waals surface area contributed by atoms with E-state index in [9.17, 15) is 0 Å². The lowest BCUT2D eigenvalue weighted by Crippen LogP contribution is -2.35. The zero-order valence-corrected chi connectivity index (χ0v) is 15.8. The Balaban J connectivity index is 2.23. The smallest absolute Gasteiger partial charge is 0.0726 e. The first-order chi connectivity index (χ1) is 11.8. The van der Waals surface area contributed by atoms with Crippen molar-refractivity contribution >= 4 is 23.4 Å². The predicted molar refractivity (Wildman–Crippen MR) is 110 cm³/mol. The fourth-order valence-corrected chi connectivity index (χ4v) is 3.44. The second kappa shape index (κ2) is 6.33. The summed E-state index contributed by atoms with van der Waals surface area (Å²) in [5.74, 6) is 0. The number of benzene rings is 2. The molecular weight excluding hydrogens is 302 g/mol. The van der Waals surface area contributed by atoms with Gasteiger partial charge in [-0.25, -0.2) is 0 Å². The Morgan fingerprint density at radius 3 is 2.32 bits per heavy atom. The topological polar surface area (TPSA) is 12.4 Å². The van der Waals surface area contributed by atoms with Gasteiger partial charge in [0.1, 0.15) is 0 Å². The maximum absolute atomic E-state index is 4.46. The number of nitrogens with zero attached hydrogens (tertiary/aromatic N) is 1. The number of fused-ring (bicyclic) bond motifs is 1. The summed E-state index contributed by atoms with van der Waals surface area (Å²) in [6, 6.07) is 8.64. The van der Waals surface area contributed by atoms with Gasteiger partial charge in [-0.05, 0) is 91.3 Å². The van der Waals surface area contributed by atoms with Crippen molar-refractivity contribution in [1.29, 1.82) is 0 Å². The quantitative estimate of drug-likeness (QED) is 0.690. The number of rotatable bonds is 4. The molecule has 2 aromatic rings. The molecule has 0 radical (unpaired) electrons. The number of allylic oxidation sites excluding steroid dienone is 3. The molecule has 0 aliphatic carbocycles. The van der Waals surface area contributed by atoms with Crippen LogP contribution in [0.1, 0.15) is 47.2 Å². The largest absolute Gasteiger partial charge is 0.255 e. The summed E-state index contributed by atoms with van der Waals surface area (Å²) < 4.78 is 0. The number of hydrogen-bond donors (Lipinski definition) is 0. The minimum absolute atomic E-state index is 1.05. The van der Waals surface area contributed by atoms with Gasteiger partial charge in [-0.2, -0.15) is 0 Å². The van der Waals surface area contributed by atoms with Crippen molar-refractivity contribution in [2.24, 2.45) is 4.99 Å². The normalized spacial score (nSPS) is 11.6. The molecule has 25 heavy (non-hydrogen) atoms. The van der Waals surface area contributed by atoms with Crippen molar-refractivity contribution < 1.29 is 0 Å². The van der Waals surface area contributed by atoms with Crippen molar-refractivity contribution in [2.75, 3.05) is 0 Å². The first-order valence-electron chi connectivity index (χ1n) is 8.64. The molecule has 1 heterocycles. The molecule has 3 rings (SSSR count). The molecule has 0 atom stereocenters. The van der Waals surface area contributed by atoms with Crippen LogP contribution in [0.5, 0.6) is 0 Å². The van der Waals surface area contributed by atoms with Crippen LogP contribution in [0.25, 0.3) is 23.4 Å². The van der Waals surface area contributed by atoms with Crippen molar-refractivity contribution in [1.82, 2.24) is 0 Å². The molecule has 0 amide bonds. The Bertz CT molecular complexity index is 1060. The summed E-state index contributed by atoms with van der Waals surface area (Å²) in [6.45, 7) is 19.2. The SMILES string of the molecule is C=Cc1cc(C(=C)C(=C(C)C)c2c(C)c(C)cc3c2=CN=3)ccc1C. The van der Waals surface area contributed by atoms with Gasteiger partial charge in [-0.15, -0.1) is 0 Å². The fraction of sp³-hybridized carbons (Fsp3) is 0.208. The first kappa shape index (κ1) is 17.2. The van der Waals surface area contributed by atoms with Crippen LogP contribution >= 0.6 is 0 Å². The third kappa shape index (κ3) is 2.80. The standard InChI is InChI=1S/C24H25N/c1-8-19-12-20(10-9-15(19)4)18(7)23(14(2)3)24-17(6)16(5)11-22-21(24)13-25-22/h8-13H,1,7H2,2-6H3. The van der Waals surface area contributed by atoms with E-state index in [1.54, 1.807) is 0 Å². The van der Waals surface area contributed by atoms with Gasteiger partial charge in [-0.1, -0.05) is 36.9 Å². The van der Waals surface area contributed by atoms with E-state index in [4.69, 9.17) is 0 Å². The molecule has 0 saturated carbocycles. The molecule has 1 nitrogen and oxygen atoms in total. The summed E-state index contributed by atoms with van der Waals surface area (Å²) in [6.07, 6.45) is 3.88. The molecule has 0 aromatic heterocycles. The summed E-state index contributed by atoms with van der Waals surface area (Å²) >= 11 is 0. The van der Waals surface area contributed by atoms with Gasteiger partial charge in [0, 0.05) is 11.4 Å². The Kier molecular flexibility index (Phi) is 4.34. The van der Waals surface area contributed by atoms with E-state index in [0.717, 1.165) is 22.1 Å². The second-order valence-corrected chi connectivity index (χ2v) is 7.01. The van der Waals surface area contributed by atoms with Crippen LogP contribution < -0.4 is 10.6 Å². The molecule has 0 unspecified atom stereocenters. The highest BCUT2D eigenvalue weighted by Gasteiger charge is 2.18. The highest BCUT2D eigenvalue weighted by molar-refractivity contribution is 6.06. The lowest BCUT2D eigenvalue weighted by molar-refractivity contribution is 1.17. The van der Waals surface area contributed by atoms with E-state index in [1.165, 1.54) is 38.6 Å². The van der Waals surface area contributed by atoms with Crippen LogP contribution in [0.15, 0.2) is 48.0 Å². The maximum Gasteiger partial charge on any atom is 0.0726 e. The fourth-order valence-electron chi connectivity index (χ4n) is 3.44. The van der Waals surface area contributed by atoms with Crippen LogP contribution in [0.4, 0.5) is 0 Å². The van der Waals surface area contributed by atoms with Crippen molar-refractivity contribution in [2.45, 2.75) is 34.6 Å². The summed E-state index contributed by atoms with van der Waals surface area (Å²) in [4.78, 5) is 4.42. The minimum Gasteiger partial charge on any atom is -0.255 e. The van der Waals surface area contributed by atoms with E-state index in [1.807, 2.05) is 12.3 Å². The average molecular weight is 327 g/mol. The van der Waals surface area contributed by atoms with E-state index < -0.39 is 0 Å². The molecular formula is C24H25N. The Hall–Kier alpha value is -2.67. The molecule has 0 saturated heterocycles. The van der Waals surface area contributed by atoms with Gasteiger partial charge in [-0.3, -0.25) is 4.99 Å². The molecule has 2 aromatic carbocycles. The van der Waals surface area contributed by atoms with E-state index in [0.29, 0.717) is 0 Å². The van der Waals surface area contributed by atoms with Crippen molar-refractivity contribution in [3.63, 3.8) is 0 Å². The highest BCUT2D eigenvalue weighted by Crippen LogP contribution is 2.34. The average Bonchev–Trinajstić information content (AvgIpc) is 2.55. The monoisotopic (exact) mass is 327 g/mol. The third-order valence-corrected chi connectivity index (χ3v) is 5.10. The van der Waals surface area contributed by atoms with Crippen LogP contribution in [0, 0.1) is 20.8 Å². The Morgan fingerprint density at radius 1 is 1.04 bits per heavy atom. The van der Waals surface area contributed by atoms with Gasteiger partial charge in [0.2, 0.25) is 0 Å². The number of hydrogen-bond acceptors (Lipinski definition) is 1. The van der Waals surface area contributed by atoms with Crippen LogP contribution in [0.3, 0.4) is 0 Å². The van der Waals surface area contributed by atoms with Crippen LogP contribution in [0.2, 0.25) is 0 Å². The zero-order chi connectivity index (χ0) is 18.3. The van der Waals surface area contributed by atoms with Gasteiger partial charge in [0.05, 0.1) is 5.36 Å². The lowest BCUT2D eigenvalue weighted by atomic mass is 9.84. The van der Waals surface area contributed by atoms with E-state index in [-0.39, 0.29) is 0 Å². The van der Waals surface area contributed by atoms with Crippen LogP contribution in [-0.2, 0) is 0 Å².